The van der Waals surface area contributed by atoms with Gasteiger partial charge in [0, 0.05) is 23.3 Å². The van der Waals surface area contributed by atoms with Gasteiger partial charge in [0.15, 0.2) is 0 Å². The number of hydrogen-bond donors (Lipinski definition) is 2. The molecule has 5 nitrogen and oxygen atoms in total. The molecule has 0 aliphatic rings. The Morgan fingerprint density at radius 2 is 1.85 bits per heavy atom. The van der Waals surface area contributed by atoms with E-state index in [1.807, 2.05) is 55.5 Å². The van der Waals surface area contributed by atoms with E-state index in [9.17, 15) is 5.26 Å². The minimum atomic E-state index is 0.552. The first-order chi connectivity index (χ1) is 12.6. The Kier molecular flexibility index (Phi) is 5.67. The largest absolute Gasteiger partial charge is 0.354 e. The number of hydrogen-bond acceptors (Lipinski definition) is 5. The molecule has 0 bridgehead atoms. The molecule has 130 valence electrons. The van der Waals surface area contributed by atoms with Crippen molar-refractivity contribution in [3.63, 3.8) is 0 Å². The summed E-state index contributed by atoms with van der Waals surface area (Å²) in [5.41, 5.74) is 3.32. The van der Waals surface area contributed by atoms with Crippen LogP contribution in [0.1, 0.15) is 16.8 Å². The lowest BCUT2D eigenvalue weighted by atomic mass is 10.1. The van der Waals surface area contributed by atoms with Crippen molar-refractivity contribution in [3.8, 4) is 6.07 Å². The first-order valence-corrected chi connectivity index (χ1v) is 8.62. The maximum Gasteiger partial charge on any atom is 0.224 e. The predicted molar refractivity (Wildman–Crippen MR) is 105 cm³/mol. The van der Waals surface area contributed by atoms with Crippen molar-refractivity contribution >= 4 is 29.1 Å². The highest BCUT2D eigenvalue weighted by atomic mass is 35.5. The molecule has 6 heteroatoms. The second-order valence-electron chi connectivity index (χ2n) is 5.80. The maximum atomic E-state index is 9.20. The fraction of sp³-hybridized carbons (Fsp3) is 0.150. The molecule has 26 heavy (non-hydrogen) atoms. The fourth-order valence-electron chi connectivity index (χ4n) is 2.51. The lowest BCUT2D eigenvalue weighted by Gasteiger charge is -2.11. The van der Waals surface area contributed by atoms with Crippen molar-refractivity contribution in [1.29, 1.82) is 5.26 Å². The van der Waals surface area contributed by atoms with Gasteiger partial charge >= 0.3 is 0 Å². The predicted octanol–water partition coefficient (Wildman–Crippen LogP) is 4.71. The highest BCUT2D eigenvalue weighted by Gasteiger charge is 2.05. The number of para-hydroxylation sites is 1. The molecule has 0 radical (unpaired) electrons. The van der Waals surface area contributed by atoms with Gasteiger partial charge in [-0.3, -0.25) is 0 Å². The number of aryl methyl sites for hydroxylation is 1. The van der Waals surface area contributed by atoms with Crippen molar-refractivity contribution in [1.82, 2.24) is 9.97 Å². The normalized spacial score (nSPS) is 10.2. The van der Waals surface area contributed by atoms with Gasteiger partial charge in [0.1, 0.15) is 11.9 Å². The molecular formula is C20H18ClN5. The molecule has 0 atom stereocenters. The fourth-order valence-corrected chi connectivity index (χ4v) is 2.63. The third-order valence-corrected chi connectivity index (χ3v) is 4.03. The number of benzene rings is 2. The molecule has 2 N–H and O–H groups in total. The zero-order valence-corrected chi connectivity index (χ0v) is 15.1. The number of nitrogens with zero attached hydrogens (tertiary/aromatic N) is 3. The second kappa shape index (κ2) is 8.32. The monoisotopic (exact) mass is 363 g/mol. The number of aromatic nitrogens is 2. The van der Waals surface area contributed by atoms with Crippen LogP contribution in [0.15, 0.2) is 54.6 Å². The summed E-state index contributed by atoms with van der Waals surface area (Å²) in [5, 5.41) is 16.4. The van der Waals surface area contributed by atoms with Gasteiger partial charge < -0.3 is 10.6 Å². The van der Waals surface area contributed by atoms with Crippen molar-refractivity contribution in [3.05, 3.63) is 76.4 Å². The summed E-state index contributed by atoms with van der Waals surface area (Å²) < 4.78 is 0. The van der Waals surface area contributed by atoms with E-state index < -0.39 is 0 Å². The third kappa shape index (κ3) is 4.71. The van der Waals surface area contributed by atoms with Gasteiger partial charge in [-0.15, -0.1) is 0 Å². The van der Waals surface area contributed by atoms with Crippen LogP contribution in [-0.2, 0) is 6.42 Å². The molecule has 0 saturated carbocycles. The molecule has 3 rings (SSSR count). The standard InChI is InChI=1S/C20H18ClN5/c1-14-12-19(25-18-5-3-2-4-16(18)13-22)26-20(24-14)23-11-10-15-6-8-17(21)9-7-15/h2-9,12H,10-11H2,1H3,(H2,23,24,25,26). The van der Waals surface area contributed by atoms with Gasteiger partial charge in [-0.1, -0.05) is 35.9 Å². The van der Waals surface area contributed by atoms with E-state index in [0.717, 1.165) is 22.8 Å². The Morgan fingerprint density at radius 1 is 1.08 bits per heavy atom. The summed E-state index contributed by atoms with van der Waals surface area (Å²) in [6.07, 6.45) is 0.842. The van der Waals surface area contributed by atoms with Crippen LogP contribution >= 0.6 is 11.6 Å². The van der Waals surface area contributed by atoms with Crippen LogP contribution in [0, 0.1) is 18.3 Å². The minimum Gasteiger partial charge on any atom is -0.354 e. The summed E-state index contributed by atoms with van der Waals surface area (Å²) in [7, 11) is 0. The van der Waals surface area contributed by atoms with Gasteiger partial charge in [0.25, 0.3) is 0 Å². The van der Waals surface area contributed by atoms with Gasteiger partial charge in [0.2, 0.25) is 5.95 Å². The SMILES string of the molecule is Cc1cc(Nc2ccccc2C#N)nc(NCCc2ccc(Cl)cc2)n1. The van der Waals surface area contributed by atoms with Crippen molar-refractivity contribution in [2.45, 2.75) is 13.3 Å². The molecule has 0 aliphatic carbocycles. The Morgan fingerprint density at radius 3 is 2.62 bits per heavy atom. The van der Waals surface area contributed by atoms with Crippen LogP contribution in [0.4, 0.5) is 17.5 Å². The van der Waals surface area contributed by atoms with E-state index in [1.54, 1.807) is 6.07 Å². The smallest absolute Gasteiger partial charge is 0.224 e. The molecule has 0 spiro atoms. The first kappa shape index (κ1) is 17.7. The van der Waals surface area contributed by atoms with E-state index in [-0.39, 0.29) is 0 Å². The van der Waals surface area contributed by atoms with E-state index >= 15 is 0 Å². The van der Waals surface area contributed by atoms with Gasteiger partial charge in [-0.2, -0.15) is 10.2 Å². The summed E-state index contributed by atoms with van der Waals surface area (Å²) in [4.78, 5) is 8.90. The molecule has 1 heterocycles. The number of anilines is 3. The van der Waals surface area contributed by atoms with Gasteiger partial charge in [0.05, 0.1) is 11.3 Å². The number of rotatable bonds is 6. The van der Waals surface area contributed by atoms with Crippen LogP contribution in [0.25, 0.3) is 0 Å². The molecule has 0 unspecified atom stereocenters. The molecule has 0 aliphatic heterocycles. The summed E-state index contributed by atoms with van der Waals surface area (Å²) in [6, 6.07) is 19.1. The number of nitriles is 1. The second-order valence-corrected chi connectivity index (χ2v) is 6.24. The molecule has 0 amide bonds. The topological polar surface area (TPSA) is 73.6 Å². The van der Waals surface area contributed by atoms with E-state index in [0.29, 0.717) is 23.9 Å². The Bertz CT molecular complexity index is 932. The van der Waals surface area contributed by atoms with E-state index in [4.69, 9.17) is 11.6 Å². The molecule has 1 aromatic heterocycles. The average molecular weight is 364 g/mol. The highest BCUT2D eigenvalue weighted by Crippen LogP contribution is 2.20. The highest BCUT2D eigenvalue weighted by molar-refractivity contribution is 6.30. The van der Waals surface area contributed by atoms with Gasteiger partial charge in [-0.05, 0) is 43.2 Å². The van der Waals surface area contributed by atoms with Crippen LogP contribution < -0.4 is 10.6 Å². The zero-order valence-electron chi connectivity index (χ0n) is 14.3. The lowest BCUT2D eigenvalue weighted by Crippen LogP contribution is -2.09. The summed E-state index contributed by atoms with van der Waals surface area (Å²) in [5.74, 6) is 1.20. The van der Waals surface area contributed by atoms with Crippen molar-refractivity contribution in [2.24, 2.45) is 0 Å². The molecule has 2 aromatic carbocycles. The molecular weight excluding hydrogens is 346 g/mol. The lowest BCUT2D eigenvalue weighted by molar-refractivity contribution is 0.976. The Balaban J connectivity index is 1.67. The zero-order chi connectivity index (χ0) is 18.4. The van der Waals surface area contributed by atoms with E-state index in [1.165, 1.54) is 5.56 Å². The van der Waals surface area contributed by atoms with Crippen LogP contribution in [-0.4, -0.2) is 16.5 Å². The first-order valence-electron chi connectivity index (χ1n) is 8.24. The van der Waals surface area contributed by atoms with Crippen LogP contribution in [0.3, 0.4) is 0 Å². The molecule has 3 aromatic rings. The summed E-state index contributed by atoms with van der Waals surface area (Å²) >= 11 is 5.90. The average Bonchev–Trinajstić information content (AvgIpc) is 2.63. The van der Waals surface area contributed by atoms with Crippen molar-refractivity contribution in [2.75, 3.05) is 17.2 Å². The minimum absolute atomic E-state index is 0.552. The Hall–Kier alpha value is -3.10. The van der Waals surface area contributed by atoms with Gasteiger partial charge in [-0.25, -0.2) is 4.98 Å². The molecule has 0 saturated heterocycles. The Labute approximate surface area is 157 Å². The van der Waals surface area contributed by atoms with Crippen LogP contribution in [0.2, 0.25) is 5.02 Å². The summed E-state index contributed by atoms with van der Waals surface area (Å²) in [6.45, 7) is 2.62. The number of nitrogens with one attached hydrogen (secondary N) is 2. The van der Waals surface area contributed by atoms with E-state index in [2.05, 4.69) is 26.7 Å². The third-order valence-electron chi connectivity index (χ3n) is 3.77. The number of halogens is 1. The quantitative estimate of drug-likeness (QED) is 0.663. The maximum absolute atomic E-state index is 9.20. The van der Waals surface area contributed by atoms with Crippen molar-refractivity contribution < 1.29 is 0 Å². The molecule has 0 fully saturated rings. The van der Waals surface area contributed by atoms with Crippen LogP contribution in [0.5, 0.6) is 0 Å².